The average molecular weight is 244 g/mol. The lowest BCUT2D eigenvalue weighted by atomic mass is 9.90. The number of hydrogen-bond acceptors (Lipinski definition) is 1. The van der Waals surface area contributed by atoms with Crippen molar-refractivity contribution in [2.75, 3.05) is 6.54 Å². The Balaban J connectivity index is 2.24. The van der Waals surface area contributed by atoms with Crippen LogP contribution in [0.15, 0.2) is 18.2 Å². The fraction of sp³-hybridized carbons (Fsp3) is 0.500. The fourth-order valence-corrected chi connectivity index (χ4v) is 2.56. The maximum absolute atomic E-state index is 6.18. The van der Waals surface area contributed by atoms with Gasteiger partial charge in [0, 0.05) is 16.1 Å². The first-order valence-electron chi connectivity index (χ1n) is 5.35. The van der Waals surface area contributed by atoms with Crippen molar-refractivity contribution < 1.29 is 0 Å². The summed E-state index contributed by atoms with van der Waals surface area (Å²) in [6, 6.07) is 6.04. The Morgan fingerprint density at radius 3 is 2.87 bits per heavy atom. The quantitative estimate of drug-likeness (QED) is 0.785. The Kier molecular flexibility index (Phi) is 3.55. The summed E-state index contributed by atoms with van der Waals surface area (Å²) < 4.78 is 0. The van der Waals surface area contributed by atoms with E-state index in [-0.39, 0.29) is 0 Å². The van der Waals surface area contributed by atoms with E-state index < -0.39 is 0 Å². The van der Waals surface area contributed by atoms with Crippen molar-refractivity contribution in [3.63, 3.8) is 0 Å². The molecule has 2 rings (SSSR count). The minimum Gasteiger partial charge on any atom is -0.310 e. The van der Waals surface area contributed by atoms with Gasteiger partial charge in [0.15, 0.2) is 0 Å². The molecule has 82 valence electrons. The summed E-state index contributed by atoms with van der Waals surface area (Å²) in [6.45, 7) is 3.35. The number of hydrogen-bond donors (Lipinski definition) is 1. The Bertz CT molecular complexity index is 351. The highest BCUT2D eigenvalue weighted by Gasteiger charge is 2.21. The molecule has 0 aromatic heterocycles. The fourth-order valence-electron chi connectivity index (χ4n) is 2.13. The van der Waals surface area contributed by atoms with E-state index >= 15 is 0 Å². The van der Waals surface area contributed by atoms with E-state index in [0.29, 0.717) is 6.04 Å². The number of halogens is 2. The van der Waals surface area contributed by atoms with Crippen molar-refractivity contribution in [2.24, 2.45) is 5.92 Å². The molecule has 1 aromatic carbocycles. The smallest absolute Gasteiger partial charge is 0.0454 e. The van der Waals surface area contributed by atoms with Crippen molar-refractivity contribution in [3.8, 4) is 0 Å². The van der Waals surface area contributed by atoms with Gasteiger partial charge in [-0.1, -0.05) is 30.1 Å². The lowest BCUT2D eigenvalue weighted by Crippen LogP contribution is -2.30. The lowest BCUT2D eigenvalue weighted by molar-refractivity contribution is 0.325. The van der Waals surface area contributed by atoms with Gasteiger partial charge < -0.3 is 5.32 Å². The Morgan fingerprint density at radius 2 is 2.13 bits per heavy atom. The van der Waals surface area contributed by atoms with E-state index in [1.165, 1.54) is 6.42 Å². The molecule has 1 aliphatic heterocycles. The maximum Gasteiger partial charge on any atom is 0.0454 e. The van der Waals surface area contributed by atoms with Gasteiger partial charge in [-0.05, 0) is 49.1 Å². The second-order valence-corrected chi connectivity index (χ2v) is 5.15. The predicted octanol–water partition coefficient (Wildman–Crippen LogP) is 4.05. The van der Waals surface area contributed by atoms with E-state index in [1.807, 2.05) is 18.2 Å². The SMILES string of the molecule is CC1CCNC(c2cc(Cl)ccc2Cl)C1. The third kappa shape index (κ3) is 2.66. The highest BCUT2D eigenvalue weighted by molar-refractivity contribution is 6.33. The van der Waals surface area contributed by atoms with Crippen LogP contribution in [0.3, 0.4) is 0 Å². The molecule has 0 radical (unpaired) electrons. The third-order valence-electron chi connectivity index (χ3n) is 3.00. The number of benzene rings is 1. The van der Waals surface area contributed by atoms with Crippen LogP contribution in [0.5, 0.6) is 0 Å². The number of piperidine rings is 1. The predicted molar refractivity (Wildman–Crippen MR) is 65.6 cm³/mol. The summed E-state index contributed by atoms with van der Waals surface area (Å²) in [6.07, 6.45) is 2.38. The van der Waals surface area contributed by atoms with Crippen LogP contribution < -0.4 is 5.32 Å². The Hall–Kier alpha value is -0.240. The Labute approximate surface area is 101 Å². The molecule has 0 spiro atoms. The molecule has 0 amide bonds. The standard InChI is InChI=1S/C12H15Cl2N/c1-8-4-5-15-12(6-8)10-7-9(13)2-3-11(10)14/h2-3,7-8,12,15H,4-6H2,1H3. The first kappa shape index (κ1) is 11.3. The first-order valence-corrected chi connectivity index (χ1v) is 6.10. The highest BCUT2D eigenvalue weighted by atomic mass is 35.5. The van der Waals surface area contributed by atoms with Crippen LogP contribution in [0.1, 0.15) is 31.4 Å². The molecule has 1 fully saturated rings. The number of rotatable bonds is 1. The molecular weight excluding hydrogens is 229 g/mol. The van der Waals surface area contributed by atoms with Crippen LogP contribution >= 0.6 is 23.2 Å². The summed E-state index contributed by atoms with van der Waals surface area (Å²) >= 11 is 12.2. The summed E-state index contributed by atoms with van der Waals surface area (Å²) in [4.78, 5) is 0. The van der Waals surface area contributed by atoms with E-state index in [0.717, 1.165) is 34.5 Å². The van der Waals surface area contributed by atoms with Crippen LogP contribution in [0.25, 0.3) is 0 Å². The van der Waals surface area contributed by atoms with E-state index in [1.54, 1.807) is 0 Å². The molecule has 1 aliphatic rings. The van der Waals surface area contributed by atoms with Crippen molar-refractivity contribution in [1.82, 2.24) is 5.32 Å². The second-order valence-electron chi connectivity index (χ2n) is 4.30. The first-order chi connectivity index (χ1) is 7.16. The molecule has 15 heavy (non-hydrogen) atoms. The van der Waals surface area contributed by atoms with Crippen LogP contribution in [0.2, 0.25) is 10.0 Å². The van der Waals surface area contributed by atoms with Gasteiger partial charge in [0.25, 0.3) is 0 Å². The molecule has 0 saturated carbocycles. The molecule has 0 aliphatic carbocycles. The van der Waals surface area contributed by atoms with Gasteiger partial charge in [-0.3, -0.25) is 0 Å². The topological polar surface area (TPSA) is 12.0 Å². The minimum absolute atomic E-state index is 0.361. The van der Waals surface area contributed by atoms with Crippen LogP contribution in [-0.2, 0) is 0 Å². The number of nitrogens with one attached hydrogen (secondary N) is 1. The van der Waals surface area contributed by atoms with Crippen molar-refractivity contribution in [2.45, 2.75) is 25.8 Å². The summed E-state index contributed by atoms with van der Waals surface area (Å²) in [5.41, 5.74) is 1.13. The zero-order chi connectivity index (χ0) is 10.8. The summed E-state index contributed by atoms with van der Waals surface area (Å²) in [5.74, 6) is 0.756. The van der Waals surface area contributed by atoms with Crippen molar-refractivity contribution in [3.05, 3.63) is 33.8 Å². The summed E-state index contributed by atoms with van der Waals surface area (Å²) in [7, 11) is 0. The Morgan fingerprint density at radius 1 is 1.33 bits per heavy atom. The van der Waals surface area contributed by atoms with E-state index in [4.69, 9.17) is 23.2 Å². The van der Waals surface area contributed by atoms with Gasteiger partial charge >= 0.3 is 0 Å². The van der Waals surface area contributed by atoms with Gasteiger partial charge in [0.2, 0.25) is 0 Å². The average Bonchev–Trinajstić information content (AvgIpc) is 2.22. The zero-order valence-electron chi connectivity index (χ0n) is 8.76. The molecule has 2 atom stereocenters. The van der Waals surface area contributed by atoms with E-state index in [9.17, 15) is 0 Å². The molecule has 1 N–H and O–H groups in total. The van der Waals surface area contributed by atoms with E-state index in [2.05, 4.69) is 12.2 Å². The largest absolute Gasteiger partial charge is 0.310 e. The lowest BCUT2D eigenvalue weighted by Gasteiger charge is -2.29. The monoisotopic (exact) mass is 243 g/mol. The highest BCUT2D eigenvalue weighted by Crippen LogP contribution is 2.32. The normalized spacial score (nSPS) is 26.6. The molecule has 1 saturated heterocycles. The molecule has 2 unspecified atom stereocenters. The van der Waals surface area contributed by atoms with Gasteiger partial charge in [0.05, 0.1) is 0 Å². The molecule has 1 aromatic rings. The molecular formula is C12H15Cl2N. The molecule has 3 heteroatoms. The van der Waals surface area contributed by atoms with Crippen LogP contribution in [0, 0.1) is 5.92 Å². The van der Waals surface area contributed by atoms with Gasteiger partial charge in [-0.25, -0.2) is 0 Å². The van der Waals surface area contributed by atoms with Crippen molar-refractivity contribution in [1.29, 1.82) is 0 Å². The third-order valence-corrected chi connectivity index (χ3v) is 3.58. The van der Waals surface area contributed by atoms with Crippen LogP contribution in [0.4, 0.5) is 0 Å². The molecule has 0 bridgehead atoms. The zero-order valence-corrected chi connectivity index (χ0v) is 10.3. The molecule has 1 nitrogen and oxygen atoms in total. The van der Waals surface area contributed by atoms with Gasteiger partial charge in [-0.15, -0.1) is 0 Å². The second kappa shape index (κ2) is 4.73. The van der Waals surface area contributed by atoms with Crippen molar-refractivity contribution >= 4 is 23.2 Å². The summed E-state index contributed by atoms with van der Waals surface area (Å²) in [5, 5.41) is 5.06. The maximum atomic E-state index is 6.18. The van der Waals surface area contributed by atoms with Crippen LogP contribution in [-0.4, -0.2) is 6.54 Å². The van der Waals surface area contributed by atoms with Gasteiger partial charge in [0.1, 0.15) is 0 Å². The van der Waals surface area contributed by atoms with Gasteiger partial charge in [-0.2, -0.15) is 0 Å². The minimum atomic E-state index is 0.361. The molecule has 1 heterocycles.